The Morgan fingerprint density at radius 3 is 1.93 bits per heavy atom. The van der Waals surface area contributed by atoms with Gasteiger partial charge in [-0.25, -0.2) is 0 Å². The molecule has 0 amide bonds. The largest absolute Gasteiger partial charge is 0.380 e. The standard InChI is InChI=1S/C25H38OSi/c1-19(2)27(20(3)4,21(5)6)16-15-22(7)23(8)25(18-26-9)17-24-13-11-10-12-14-24/h10-14,17,19-21H,18H2,1-9H3/b23-22-,25-17+. The SMILES string of the molecule is COCC(=C\c1ccccc1)/C(C)=C(/C)C#C[Si](C(C)C)(C(C)C)C(C)C. The zero-order valence-corrected chi connectivity index (χ0v) is 19.8. The molecule has 0 saturated heterocycles. The second-order valence-electron chi connectivity index (χ2n) is 8.41. The molecule has 2 heteroatoms. The van der Waals surface area contributed by atoms with Crippen LogP contribution in [0.15, 0.2) is 47.1 Å². The lowest BCUT2D eigenvalue weighted by Crippen LogP contribution is -2.43. The molecule has 0 aromatic heterocycles. The number of benzene rings is 1. The maximum Gasteiger partial charge on any atom is 0.146 e. The van der Waals surface area contributed by atoms with Crippen LogP contribution in [0.4, 0.5) is 0 Å². The molecule has 1 aromatic rings. The Balaban J connectivity index is 3.38. The molecular weight excluding hydrogens is 344 g/mol. The van der Waals surface area contributed by atoms with E-state index in [0.717, 1.165) is 5.57 Å². The van der Waals surface area contributed by atoms with Crippen molar-refractivity contribution in [2.24, 2.45) is 0 Å². The average molecular weight is 383 g/mol. The number of methoxy groups -OCH3 is 1. The molecule has 0 aliphatic heterocycles. The van der Waals surface area contributed by atoms with Gasteiger partial charge in [0.25, 0.3) is 0 Å². The van der Waals surface area contributed by atoms with Crippen molar-refractivity contribution in [3.63, 3.8) is 0 Å². The topological polar surface area (TPSA) is 9.23 Å². The van der Waals surface area contributed by atoms with Crippen LogP contribution in [0.5, 0.6) is 0 Å². The summed E-state index contributed by atoms with van der Waals surface area (Å²) in [5.41, 5.74) is 10.6. The summed E-state index contributed by atoms with van der Waals surface area (Å²) in [4.78, 5) is 0. The molecule has 148 valence electrons. The number of hydrogen-bond acceptors (Lipinski definition) is 1. The van der Waals surface area contributed by atoms with Crippen LogP contribution in [0, 0.1) is 11.5 Å². The lowest BCUT2D eigenvalue weighted by Gasteiger charge is -2.38. The van der Waals surface area contributed by atoms with E-state index in [0.29, 0.717) is 23.2 Å². The molecule has 0 N–H and O–H groups in total. The predicted molar refractivity (Wildman–Crippen MR) is 123 cm³/mol. The van der Waals surface area contributed by atoms with Crippen molar-refractivity contribution < 1.29 is 4.74 Å². The fraction of sp³-hybridized carbons (Fsp3) is 0.520. The average Bonchev–Trinajstić information content (AvgIpc) is 2.61. The second kappa shape index (κ2) is 10.7. The van der Waals surface area contributed by atoms with Crippen LogP contribution in [-0.2, 0) is 4.74 Å². The van der Waals surface area contributed by atoms with Gasteiger partial charge in [-0.3, -0.25) is 0 Å². The van der Waals surface area contributed by atoms with Crippen LogP contribution >= 0.6 is 0 Å². The number of ether oxygens (including phenoxy) is 1. The first-order chi connectivity index (χ1) is 12.7. The normalized spacial score (nSPS) is 13.7. The zero-order valence-electron chi connectivity index (χ0n) is 18.8. The van der Waals surface area contributed by atoms with Gasteiger partial charge in [0.2, 0.25) is 0 Å². The summed E-state index contributed by atoms with van der Waals surface area (Å²) in [5, 5.41) is 0. The quantitative estimate of drug-likeness (QED) is 0.273. The van der Waals surface area contributed by atoms with E-state index in [1.54, 1.807) is 7.11 Å². The summed E-state index contributed by atoms with van der Waals surface area (Å²) in [6, 6.07) is 10.4. The molecule has 0 aliphatic rings. The van der Waals surface area contributed by atoms with Gasteiger partial charge in [0.05, 0.1) is 6.61 Å². The Morgan fingerprint density at radius 2 is 1.48 bits per heavy atom. The third-order valence-electron chi connectivity index (χ3n) is 5.82. The van der Waals surface area contributed by atoms with Crippen LogP contribution < -0.4 is 0 Å². The fourth-order valence-electron chi connectivity index (χ4n) is 4.13. The van der Waals surface area contributed by atoms with Crippen LogP contribution in [0.25, 0.3) is 6.08 Å². The second-order valence-corrected chi connectivity index (χ2v) is 14.0. The Morgan fingerprint density at radius 1 is 0.963 bits per heavy atom. The fourth-order valence-corrected chi connectivity index (χ4v) is 9.40. The van der Waals surface area contributed by atoms with Gasteiger partial charge >= 0.3 is 0 Å². The summed E-state index contributed by atoms with van der Waals surface area (Å²) in [7, 11) is 0.0417. The number of allylic oxidation sites excluding steroid dienone is 1. The zero-order chi connectivity index (χ0) is 20.6. The summed E-state index contributed by atoms with van der Waals surface area (Å²) >= 11 is 0. The number of hydrogen-bond donors (Lipinski definition) is 0. The van der Waals surface area contributed by atoms with Crippen molar-refractivity contribution in [3.8, 4) is 11.5 Å². The van der Waals surface area contributed by atoms with Crippen LogP contribution in [-0.4, -0.2) is 21.8 Å². The number of rotatable bonds is 7. The van der Waals surface area contributed by atoms with Crippen molar-refractivity contribution in [2.45, 2.75) is 72.0 Å². The van der Waals surface area contributed by atoms with Crippen molar-refractivity contribution >= 4 is 14.1 Å². The van der Waals surface area contributed by atoms with Gasteiger partial charge in [0.1, 0.15) is 8.07 Å². The summed E-state index contributed by atoms with van der Waals surface area (Å²) in [5.74, 6) is 3.59. The molecule has 1 rings (SSSR count). The highest BCUT2D eigenvalue weighted by Crippen LogP contribution is 2.40. The van der Waals surface area contributed by atoms with E-state index >= 15 is 0 Å². The highest BCUT2D eigenvalue weighted by molar-refractivity contribution is 6.90. The third-order valence-corrected chi connectivity index (χ3v) is 12.1. The molecule has 0 fully saturated rings. The monoisotopic (exact) mass is 382 g/mol. The first-order valence-electron chi connectivity index (χ1n) is 10.1. The van der Waals surface area contributed by atoms with E-state index in [2.05, 4.69) is 97.2 Å². The Hall–Kier alpha value is -1.56. The van der Waals surface area contributed by atoms with Gasteiger partial charge in [-0.1, -0.05) is 77.8 Å². The molecule has 0 atom stereocenters. The molecule has 0 radical (unpaired) electrons. The van der Waals surface area contributed by atoms with E-state index in [4.69, 9.17) is 4.74 Å². The lowest BCUT2D eigenvalue weighted by molar-refractivity contribution is 0.228. The van der Waals surface area contributed by atoms with Gasteiger partial charge in [0, 0.05) is 12.7 Å². The van der Waals surface area contributed by atoms with Gasteiger partial charge in [-0.05, 0) is 53.3 Å². The Kier molecular flexibility index (Phi) is 9.29. The molecule has 0 spiro atoms. The van der Waals surface area contributed by atoms with E-state index in [1.165, 1.54) is 16.7 Å². The van der Waals surface area contributed by atoms with Gasteiger partial charge in [-0.15, -0.1) is 5.54 Å². The summed E-state index contributed by atoms with van der Waals surface area (Å²) in [6.07, 6.45) is 2.21. The molecule has 1 aromatic carbocycles. The van der Waals surface area contributed by atoms with E-state index in [1.807, 2.05) is 6.07 Å². The van der Waals surface area contributed by atoms with Crippen LogP contribution in [0.2, 0.25) is 16.6 Å². The Labute approximate surface area is 168 Å². The maximum atomic E-state index is 5.47. The van der Waals surface area contributed by atoms with Crippen molar-refractivity contribution in [1.82, 2.24) is 0 Å². The van der Waals surface area contributed by atoms with E-state index < -0.39 is 8.07 Å². The molecule has 0 heterocycles. The van der Waals surface area contributed by atoms with Crippen LogP contribution in [0.3, 0.4) is 0 Å². The minimum absolute atomic E-state index is 0.598. The van der Waals surface area contributed by atoms with Gasteiger partial charge < -0.3 is 4.74 Å². The molecule has 0 aliphatic carbocycles. The molecular formula is C25H38OSi. The predicted octanol–water partition coefficient (Wildman–Crippen LogP) is 7.27. The third kappa shape index (κ3) is 5.96. The molecule has 27 heavy (non-hydrogen) atoms. The summed E-state index contributed by atoms with van der Waals surface area (Å²) in [6.45, 7) is 19.1. The highest BCUT2D eigenvalue weighted by Gasteiger charge is 2.41. The molecule has 0 bridgehead atoms. The van der Waals surface area contributed by atoms with Crippen LogP contribution in [0.1, 0.15) is 61.0 Å². The highest BCUT2D eigenvalue weighted by atomic mass is 28.3. The van der Waals surface area contributed by atoms with Gasteiger partial charge in [0.15, 0.2) is 0 Å². The smallest absolute Gasteiger partial charge is 0.146 e. The molecule has 1 nitrogen and oxygen atoms in total. The van der Waals surface area contributed by atoms with Gasteiger partial charge in [-0.2, -0.15) is 0 Å². The van der Waals surface area contributed by atoms with E-state index in [9.17, 15) is 0 Å². The van der Waals surface area contributed by atoms with E-state index in [-0.39, 0.29) is 0 Å². The minimum Gasteiger partial charge on any atom is -0.380 e. The van der Waals surface area contributed by atoms with Crippen molar-refractivity contribution in [1.29, 1.82) is 0 Å². The minimum atomic E-state index is -1.71. The maximum absolute atomic E-state index is 5.47. The lowest BCUT2D eigenvalue weighted by atomic mass is 10.0. The van der Waals surface area contributed by atoms with Crippen molar-refractivity contribution in [2.75, 3.05) is 13.7 Å². The molecule has 0 saturated carbocycles. The summed E-state index contributed by atoms with van der Waals surface area (Å²) < 4.78 is 5.47. The van der Waals surface area contributed by atoms with Crippen molar-refractivity contribution in [3.05, 3.63) is 52.6 Å². The molecule has 0 unspecified atom stereocenters. The first kappa shape index (κ1) is 23.5. The Bertz CT molecular complexity index is 690. The first-order valence-corrected chi connectivity index (χ1v) is 12.4.